The largest absolute Gasteiger partial charge is 0.471 e. The molecule has 1 aromatic heterocycles. The number of benzene rings is 2. The predicted octanol–water partition coefficient (Wildman–Crippen LogP) is 2.51. The van der Waals surface area contributed by atoms with E-state index in [1.54, 1.807) is 36.4 Å². The highest BCUT2D eigenvalue weighted by molar-refractivity contribution is 7.91. The van der Waals surface area contributed by atoms with E-state index in [0.717, 1.165) is 16.1 Å². The maximum atomic E-state index is 14.4. The highest BCUT2D eigenvalue weighted by Gasteiger charge is 2.52. The summed E-state index contributed by atoms with van der Waals surface area (Å²) in [6.45, 7) is 2.03. The van der Waals surface area contributed by atoms with Gasteiger partial charge in [-0.3, -0.25) is 14.4 Å². The normalized spacial score (nSPS) is 18.5. The van der Waals surface area contributed by atoms with Crippen molar-refractivity contribution in [3.63, 3.8) is 0 Å². The molecule has 11 nitrogen and oxygen atoms in total. The monoisotopic (exact) mass is 609 g/mol. The summed E-state index contributed by atoms with van der Waals surface area (Å²) in [5, 5.41) is 7.37. The Hall–Kier alpha value is -3.98. The van der Waals surface area contributed by atoms with Crippen molar-refractivity contribution in [2.45, 2.75) is 44.7 Å². The molecule has 3 aromatic rings. The Morgan fingerprint density at radius 3 is 2.36 bits per heavy atom. The van der Waals surface area contributed by atoms with Gasteiger partial charge in [0.15, 0.2) is 15.4 Å². The van der Waals surface area contributed by atoms with Crippen molar-refractivity contribution in [3.8, 4) is 0 Å². The molecule has 2 aromatic carbocycles. The number of alkyl halides is 3. The van der Waals surface area contributed by atoms with E-state index in [1.165, 1.54) is 33.0 Å². The lowest BCUT2D eigenvalue weighted by Crippen LogP contribution is -2.63. The van der Waals surface area contributed by atoms with Gasteiger partial charge in [0.05, 0.1) is 24.0 Å². The molecule has 226 valence electrons. The number of aromatic nitrogens is 1. The van der Waals surface area contributed by atoms with Crippen molar-refractivity contribution >= 4 is 49.9 Å². The number of fused-ring (bicyclic) bond motifs is 2. The van der Waals surface area contributed by atoms with Gasteiger partial charge in [0.2, 0.25) is 5.91 Å². The second kappa shape index (κ2) is 11.7. The molecule has 3 amide bonds. The maximum absolute atomic E-state index is 14.4. The molecule has 42 heavy (non-hydrogen) atoms. The number of anilines is 2. The minimum absolute atomic E-state index is 0.0865. The summed E-state index contributed by atoms with van der Waals surface area (Å²) in [7, 11) is -2.40. The van der Waals surface area contributed by atoms with Crippen LogP contribution in [0.5, 0.6) is 0 Å². The van der Waals surface area contributed by atoms with Crippen LogP contribution in [0.15, 0.2) is 53.1 Å². The predicted molar refractivity (Wildman–Crippen MR) is 148 cm³/mol. The van der Waals surface area contributed by atoms with Crippen molar-refractivity contribution in [2.75, 3.05) is 35.4 Å². The number of hydrogen-bond acceptors (Lipinski definition) is 8. The van der Waals surface area contributed by atoms with Gasteiger partial charge < -0.3 is 24.5 Å². The first-order chi connectivity index (χ1) is 19.6. The Labute approximate surface area is 240 Å². The molecule has 0 saturated heterocycles. The summed E-state index contributed by atoms with van der Waals surface area (Å²) in [5.74, 6) is -5.13. The Kier molecular flexibility index (Phi) is 8.64. The number of para-hydroxylation sites is 3. The lowest BCUT2D eigenvalue weighted by atomic mass is 10.0. The van der Waals surface area contributed by atoms with E-state index in [4.69, 9.17) is 4.52 Å². The van der Waals surface area contributed by atoms with Gasteiger partial charge in [0, 0.05) is 24.2 Å². The second-order valence-electron chi connectivity index (χ2n) is 10.2. The van der Waals surface area contributed by atoms with Gasteiger partial charge in [0.1, 0.15) is 17.5 Å². The van der Waals surface area contributed by atoms with E-state index in [-0.39, 0.29) is 23.6 Å². The average molecular weight is 610 g/mol. The fraction of sp³-hybridized carbons (Fsp3) is 0.407. The van der Waals surface area contributed by atoms with Crippen LogP contribution < -0.4 is 15.1 Å². The highest BCUT2D eigenvalue weighted by Crippen LogP contribution is 2.39. The van der Waals surface area contributed by atoms with Crippen molar-refractivity contribution < 1.29 is 40.5 Å². The molecule has 0 saturated carbocycles. The SMILES string of the molecule is CN[C@@H](C)CN(C(=O)C(F)(F)F)[C@@H]1C(=O)N(Cc2noc3ccccc23)c2ccccc2N(C(=O)CS(C)(=O)=O)[C@H]1C. The average Bonchev–Trinajstić information content (AvgIpc) is 3.29. The third-order valence-electron chi connectivity index (χ3n) is 7.03. The number of carbonyl (C=O) groups is 3. The van der Waals surface area contributed by atoms with Gasteiger partial charge in [-0.2, -0.15) is 13.2 Å². The Morgan fingerprint density at radius 2 is 1.74 bits per heavy atom. The maximum Gasteiger partial charge on any atom is 0.471 e. The van der Waals surface area contributed by atoms with Gasteiger partial charge in [-0.25, -0.2) is 8.42 Å². The van der Waals surface area contributed by atoms with Crippen LogP contribution in [0.2, 0.25) is 0 Å². The first-order valence-electron chi connectivity index (χ1n) is 12.9. The summed E-state index contributed by atoms with van der Waals surface area (Å²) >= 11 is 0. The number of hydrogen-bond donors (Lipinski definition) is 1. The summed E-state index contributed by atoms with van der Waals surface area (Å²) in [4.78, 5) is 43.3. The zero-order valence-electron chi connectivity index (χ0n) is 23.3. The molecular formula is C27H30F3N5O6S. The van der Waals surface area contributed by atoms with Crippen molar-refractivity contribution in [1.29, 1.82) is 0 Å². The van der Waals surface area contributed by atoms with Crippen LogP contribution in [0.3, 0.4) is 0 Å². The van der Waals surface area contributed by atoms with Crippen LogP contribution in [0.25, 0.3) is 11.0 Å². The third kappa shape index (κ3) is 6.26. The van der Waals surface area contributed by atoms with Crippen molar-refractivity contribution in [1.82, 2.24) is 15.4 Å². The number of rotatable bonds is 8. The molecule has 1 N–H and O–H groups in total. The van der Waals surface area contributed by atoms with Crippen LogP contribution in [0.4, 0.5) is 24.5 Å². The topological polar surface area (TPSA) is 133 Å². The zero-order chi connectivity index (χ0) is 31.0. The zero-order valence-corrected chi connectivity index (χ0v) is 24.1. The van der Waals surface area contributed by atoms with E-state index in [0.29, 0.717) is 15.9 Å². The molecule has 4 rings (SSSR count). The van der Waals surface area contributed by atoms with Gasteiger partial charge in [-0.05, 0) is 45.2 Å². The highest BCUT2D eigenvalue weighted by atomic mass is 32.2. The minimum atomic E-state index is -5.35. The first kappa shape index (κ1) is 31.0. The van der Waals surface area contributed by atoms with E-state index < -0.39 is 64.2 Å². The van der Waals surface area contributed by atoms with E-state index >= 15 is 0 Å². The van der Waals surface area contributed by atoms with Crippen LogP contribution in [0.1, 0.15) is 19.5 Å². The van der Waals surface area contributed by atoms with Gasteiger partial charge in [-0.15, -0.1) is 0 Å². The Bertz CT molecular complexity index is 1610. The summed E-state index contributed by atoms with van der Waals surface area (Å²) < 4.78 is 71.5. The van der Waals surface area contributed by atoms with Gasteiger partial charge >= 0.3 is 12.1 Å². The fourth-order valence-corrected chi connectivity index (χ4v) is 5.62. The molecule has 1 aliphatic rings. The molecule has 1 aliphatic heterocycles. The quantitative estimate of drug-likeness (QED) is 0.412. The molecule has 0 unspecified atom stereocenters. The summed E-state index contributed by atoms with van der Waals surface area (Å²) in [6.07, 6.45) is -4.50. The van der Waals surface area contributed by atoms with Crippen molar-refractivity contribution in [3.05, 3.63) is 54.2 Å². The Morgan fingerprint density at radius 1 is 1.12 bits per heavy atom. The van der Waals surface area contributed by atoms with Crippen LogP contribution in [-0.2, 0) is 30.8 Å². The number of likely N-dealkylation sites (N-methyl/N-ethyl adjacent to an activating group) is 1. The third-order valence-corrected chi connectivity index (χ3v) is 7.80. The second-order valence-corrected chi connectivity index (χ2v) is 12.3. The van der Waals surface area contributed by atoms with Gasteiger partial charge in [0.25, 0.3) is 5.91 Å². The fourth-order valence-electron chi connectivity index (χ4n) is 5.03. The molecule has 3 atom stereocenters. The molecule has 0 bridgehead atoms. The lowest BCUT2D eigenvalue weighted by molar-refractivity contribution is -0.189. The summed E-state index contributed by atoms with van der Waals surface area (Å²) in [5.41, 5.74) is 0.901. The van der Waals surface area contributed by atoms with Gasteiger partial charge in [-0.1, -0.05) is 29.4 Å². The molecule has 0 radical (unpaired) electrons. The van der Waals surface area contributed by atoms with Crippen molar-refractivity contribution in [2.24, 2.45) is 0 Å². The van der Waals surface area contributed by atoms with Crippen LogP contribution in [-0.4, -0.2) is 86.1 Å². The molecule has 15 heteroatoms. The van der Waals surface area contributed by atoms with E-state index in [2.05, 4.69) is 10.5 Å². The minimum Gasteiger partial charge on any atom is -0.356 e. The molecule has 2 heterocycles. The Balaban J connectivity index is 1.95. The van der Waals surface area contributed by atoms with Crippen LogP contribution >= 0.6 is 0 Å². The van der Waals surface area contributed by atoms with Crippen LogP contribution in [0, 0.1) is 0 Å². The number of carbonyl (C=O) groups excluding carboxylic acids is 3. The van der Waals surface area contributed by atoms with E-state index in [1.807, 2.05) is 0 Å². The number of nitrogens with one attached hydrogen (secondary N) is 1. The number of sulfone groups is 1. The smallest absolute Gasteiger partial charge is 0.356 e. The number of halogens is 3. The molecule has 0 aliphatic carbocycles. The first-order valence-corrected chi connectivity index (χ1v) is 15.0. The molecular weight excluding hydrogens is 579 g/mol. The molecule has 0 spiro atoms. The molecule has 0 fully saturated rings. The number of amides is 3. The van der Waals surface area contributed by atoms with E-state index in [9.17, 15) is 36.0 Å². The standard InChI is InChI=1S/C27H30F3N5O6S/c1-16(31-3)13-34(26(38)27(28,29)30)24-17(2)35(23(36)15-42(4,39)40)21-11-7-6-10-20(21)33(25(24)37)14-19-18-9-5-8-12-22(18)41-32-19/h5-12,16-17,24,31H,13-15H2,1-4H3/t16-,17-,24-/m0/s1. The number of nitrogens with zero attached hydrogens (tertiary/aromatic N) is 4. The summed E-state index contributed by atoms with van der Waals surface area (Å²) in [6, 6.07) is 8.90. The lowest BCUT2D eigenvalue weighted by Gasteiger charge is -2.39.